The first-order chi connectivity index (χ1) is 7.74. The van der Waals surface area contributed by atoms with E-state index >= 15 is 0 Å². The van der Waals surface area contributed by atoms with E-state index in [9.17, 15) is 0 Å². The second-order valence-electron chi connectivity index (χ2n) is 3.62. The van der Waals surface area contributed by atoms with Crippen LogP contribution in [0.25, 0.3) is 0 Å². The Morgan fingerprint density at radius 1 is 1.25 bits per heavy atom. The van der Waals surface area contributed by atoms with Crippen molar-refractivity contribution in [1.29, 1.82) is 0 Å². The summed E-state index contributed by atoms with van der Waals surface area (Å²) in [5.74, 6) is 0. The molecular weight excluding hydrogens is 288 g/mol. The van der Waals surface area contributed by atoms with Gasteiger partial charge in [0.2, 0.25) is 0 Å². The molecule has 0 aliphatic heterocycles. The number of rotatable bonds is 7. The first-order valence-electron chi connectivity index (χ1n) is 5.59. The number of hydrogen-bond donors (Lipinski definition) is 2. The second kappa shape index (κ2) is 8.07. The van der Waals surface area contributed by atoms with Crippen LogP contribution in [-0.4, -0.2) is 19.6 Å². The van der Waals surface area contributed by atoms with Gasteiger partial charge in [0.05, 0.1) is 0 Å². The molecule has 1 aromatic rings. The Kier molecular flexibility index (Phi) is 7.05. The van der Waals surface area contributed by atoms with Gasteiger partial charge in [-0.05, 0) is 49.8 Å². The van der Waals surface area contributed by atoms with E-state index in [1.54, 1.807) is 0 Å². The van der Waals surface area contributed by atoms with E-state index in [1.807, 2.05) is 18.2 Å². The van der Waals surface area contributed by atoms with E-state index in [0.29, 0.717) is 0 Å². The fraction of sp³-hybridized carbons (Fsp3) is 0.500. The van der Waals surface area contributed by atoms with Gasteiger partial charge in [0.15, 0.2) is 0 Å². The molecule has 0 saturated heterocycles. The summed E-state index contributed by atoms with van der Waals surface area (Å²) in [5, 5.41) is 7.48. The highest BCUT2D eigenvalue weighted by molar-refractivity contribution is 9.10. The van der Waals surface area contributed by atoms with E-state index in [4.69, 9.17) is 11.6 Å². The van der Waals surface area contributed by atoms with E-state index in [0.717, 1.165) is 42.1 Å². The third-order valence-corrected chi connectivity index (χ3v) is 3.29. The van der Waals surface area contributed by atoms with Gasteiger partial charge in [-0.25, -0.2) is 0 Å². The summed E-state index contributed by atoms with van der Waals surface area (Å²) in [4.78, 5) is 0. The molecule has 1 aromatic carbocycles. The summed E-state index contributed by atoms with van der Waals surface area (Å²) >= 11 is 9.45. The molecule has 0 bridgehead atoms. The zero-order valence-corrected chi connectivity index (χ0v) is 11.9. The van der Waals surface area contributed by atoms with Crippen molar-refractivity contribution < 1.29 is 0 Å². The molecule has 0 aliphatic rings. The molecule has 0 atom stereocenters. The molecule has 0 radical (unpaired) electrons. The first kappa shape index (κ1) is 14.0. The summed E-state index contributed by atoms with van der Waals surface area (Å²) in [5.41, 5.74) is 1.20. The van der Waals surface area contributed by atoms with Crippen LogP contribution in [0.1, 0.15) is 18.9 Å². The van der Waals surface area contributed by atoms with Gasteiger partial charge in [0.25, 0.3) is 0 Å². The highest BCUT2D eigenvalue weighted by Gasteiger charge is 1.99. The van der Waals surface area contributed by atoms with Crippen molar-refractivity contribution in [2.45, 2.75) is 19.9 Å². The van der Waals surface area contributed by atoms with E-state index in [2.05, 4.69) is 33.5 Å². The average molecular weight is 306 g/mol. The van der Waals surface area contributed by atoms with Crippen molar-refractivity contribution in [2.75, 3.05) is 19.6 Å². The van der Waals surface area contributed by atoms with Gasteiger partial charge >= 0.3 is 0 Å². The molecule has 0 aromatic heterocycles. The summed E-state index contributed by atoms with van der Waals surface area (Å²) < 4.78 is 1.11. The second-order valence-corrected chi connectivity index (χ2v) is 4.91. The van der Waals surface area contributed by atoms with Gasteiger partial charge in [-0.1, -0.05) is 34.5 Å². The quantitative estimate of drug-likeness (QED) is 0.756. The lowest BCUT2D eigenvalue weighted by Crippen LogP contribution is -2.21. The monoisotopic (exact) mass is 304 g/mol. The molecular formula is C12H18BrClN2. The van der Waals surface area contributed by atoms with E-state index in [1.165, 1.54) is 5.56 Å². The zero-order chi connectivity index (χ0) is 11.8. The van der Waals surface area contributed by atoms with Gasteiger partial charge in [-0.15, -0.1) is 0 Å². The van der Waals surface area contributed by atoms with Crippen molar-refractivity contribution >= 4 is 27.5 Å². The average Bonchev–Trinajstić information content (AvgIpc) is 2.28. The molecule has 0 unspecified atom stereocenters. The molecule has 0 amide bonds. The van der Waals surface area contributed by atoms with Crippen LogP contribution in [0.4, 0.5) is 0 Å². The van der Waals surface area contributed by atoms with Crippen LogP contribution in [0.5, 0.6) is 0 Å². The van der Waals surface area contributed by atoms with Crippen LogP contribution in [0.2, 0.25) is 5.02 Å². The molecule has 4 heteroatoms. The van der Waals surface area contributed by atoms with E-state index < -0.39 is 0 Å². The van der Waals surface area contributed by atoms with Gasteiger partial charge in [-0.2, -0.15) is 0 Å². The van der Waals surface area contributed by atoms with Crippen molar-refractivity contribution in [2.24, 2.45) is 0 Å². The molecule has 0 saturated carbocycles. The molecule has 2 nitrogen and oxygen atoms in total. The molecule has 0 heterocycles. The summed E-state index contributed by atoms with van der Waals surface area (Å²) in [6, 6.07) is 5.86. The lowest BCUT2D eigenvalue weighted by Gasteiger charge is -2.07. The number of benzene rings is 1. The SMILES string of the molecule is CCNCCCNCc1cc(Cl)ccc1Br. The zero-order valence-electron chi connectivity index (χ0n) is 9.52. The van der Waals surface area contributed by atoms with Crippen LogP contribution in [0.15, 0.2) is 22.7 Å². The third kappa shape index (κ3) is 5.30. The van der Waals surface area contributed by atoms with Crippen molar-refractivity contribution in [1.82, 2.24) is 10.6 Å². The molecule has 16 heavy (non-hydrogen) atoms. The maximum atomic E-state index is 5.94. The lowest BCUT2D eigenvalue weighted by atomic mass is 10.2. The molecule has 1 rings (SSSR count). The summed E-state index contributed by atoms with van der Waals surface area (Å²) in [6.45, 7) is 6.11. The normalized spacial score (nSPS) is 10.7. The van der Waals surface area contributed by atoms with Gasteiger partial charge < -0.3 is 10.6 Å². The lowest BCUT2D eigenvalue weighted by molar-refractivity contribution is 0.605. The predicted octanol–water partition coefficient (Wildman–Crippen LogP) is 3.19. The first-order valence-corrected chi connectivity index (χ1v) is 6.76. The summed E-state index contributed by atoms with van der Waals surface area (Å²) in [6.07, 6.45) is 1.14. The minimum Gasteiger partial charge on any atom is -0.317 e. The molecule has 0 fully saturated rings. The number of nitrogens with one attached hydrogen (secondary N) is 2. The Bertz CT molecular complexity index is 318. The predicted molar refractivity (Wildman–Crippen MR) is 74.0 cm³/mol. The number of hydrogen-bond acceptors (Lipinski definition) is 2. The minimum atomic E-state index is 0.785. The fourth-order valence-electron chi connectivity index (χ4n) is 1.42. The Morgan fingerprint density at radius 3 is 2.75 bits per heavy atom. The standard InChI is InChI=1S/C12H18BrClN2/c1-2-15-6-3-7-16-9-10-8-11(14)4-5-12(10)13/h4-5,8,15-16H,2-3,6-7,9H2,1H3. The van der Waals surface area contributed by atoms with Crippen LogP contribution in [0, 0.1) is 0 Å². The fourth-order valence-corrected chi connectivity index (χ4v) is 2.00. The summed E-state index contributed by atoms with van der Waals surface area (Å²) in [7, 11) is 0. The minimum absolute atomic E-state index is 0.785. The Morgan fingerprint density at radius 2 is 2.00 bits per heavy atom. The molecule has 0 aliphatic carbocycles. The molecule has 90 valence electrons. The van der Waals surface area contributed by atoms with Crippen LogP contribution >= 0.6 is 27.5 Å². The maximum absolute atomic E-state index is 5.94. The highest BCUT2D eigenvalue weighted by Crippen LogP contribution is 2.20. The Balaban J connectivity index is 2.23. The highest BCUT2D eigenvalue weighted by atomic mass is 79.9. The van der Waals surface area contributed by atoms with Crippen LogP contribution < -0.4 is 10.6 Å². The van der Waals surface area contributed by atoms with Gasteiger partial charge in [0.1, 0.15) is 0 Å². The molecule has 0 spiro atoms. The van der Waals surface area contributed by atoms with Crippen molar-refractivity contribution in [3.63, 3.8) is 0 Å². The largest absolute Gasteiger partial charge is 0.317 e. The third-order valence-electron chi connectivity index (χ3n) is 2.28. The van der Waals surface area contributed by atoms with Gasteiger partial charge in [-0.3, -0.25) is 0 Å². The van der Waals surface area contributed by atoms with Crippen LogP contribution in [-0.2, 0) is 6.54 Å². The maximum Gasteiger partial charge on any atom is 0.0410 e. The molecule has 2 N–H and O–H groups in total. The van der Waals surface area contributed by atoms with Gasteiger partial charge in [0, 0.05) is 16.0 Å². The number of halogens is 2. The topological polar surface area (TPSA) is 24.1 Å². The Hall–Kier alpha value is -0.0900. The van der Waals surface area contributed by atoms with Crippen LogP contribution in [0.3, 0.4) is 0 Å². The Labute approximate surface area is 111 Å². The van der Waals surface area contributed by atoms with Crippen molar-refractivity contribution in [3.05, 3.63) is 33.3 Å². The smallest absolute Gasteiger partial charge is 0.0410 e. The van der Waals surface area contributed by atoms with E-state index in [-0.39, 0.29) is 0 Å². The van der Waals surface area contributed by atoms with Crippen molar-refractivity contribution in [3.8, 4) is 0 Å².